The average Bonchev–Trinajstić information content (AvgIpc) is 2.53. The summed E-state index contributed by atoms with van der Waals surface area (Å²) in [6.45, 7) is 0.0269. The number of anilines is 1. The predicted octanol–water partition coefficient (Wildman–Crippen LogP) is 1.39. The maximum absolute atomic E-state index is 12.2. The number of methoxy groups -OCH3 is 1. The van der Waals surface area contributed by atoms with Crippen LogP contribution in [0.15, 0.2) is 42.6 Å². The Bertz CT molecular complexity index is 806. The number of ether oxygens (including phenoxy) is 1. The zero-order valence-corrected chi connectivity index (χ0v) is 13.6. The van der Waals surface area contributed by atoms with Gasteiger partial charge in [0.25, 0.3) is 5.91 Å². The molecule has 8 heteroatoms. The minimum atomic E-state index is -3.32. The van der Waals surface area contributed by atoms with Gasteiger partial charge in [0.2, 0.25) is 10.0 Å². The molecule has 0 fully saturated rings. The summed E-state index contributed by atoms with van der Waals surface area (Å²) in [6, 6.07) is 10.1. The number of carbonyl (C=O) groups excluding carboxylic acids is 1. The standard InChI is InChI=1S/C15H17N3O4S/c1-22-14-5-3-4-12(9-14)18-15(19)11-6-7-16-13(8-11)10-17-23(2,20)21/h3-9,17H,10H2,1-2H3,(H,18,19). The molecule has 7 nitrogen and oxygen atoms in total. The minimum absolute atomic E-state index is 0.0269. The van der Waals surface area contributed by atoms with Gasteiger partial charge in [-0.2, -0.15) is 0 Å². The number of nitrogens with one attached hydrogen (secondary N) is 2. The number of hydrogen-bond acceptors (Lipinski definition) is 5. The van der Waals surface area contributed by atoms with Crippen molar-refractivity contribution in [2.45, 2.75) is 6.54 Å². The summed E-state index contributed by atoms with van der Waals surface area (Å²) in [6.07, 6.45) is 2.52. The molecule has 0 unspecified atom stereocenters. The molecule has 1 aromatic heterocycles. The first-order valence-electron chi connectivity index (χ1n) is 6.72. The Hall–Kier alpha value is -2.45. The summed E-state index contributed by atoms with van der Waals surface area (Å²) >= 11 is 0. The van der Waals surface area contributed by atoms with Crippen LogP contribution < -0.4 is 14.8 Å². The Morgan fingerprint density at radius 2 is 2.04 bits per heavy atom. The van der Waals surface area contributed by atoms with Crippen molar-refractivity contribution in [2.24, 2.45) is 0 Å². The normalized spacial score (nSPS) is 11.0. The number of sulfonamides is 1. The van der Waals surface area contributed by atoms with Crippen LogP contribution in [-0.2, 0) is 16.6 Å². The molecule has 0 spiro atoms. The number of rotatable bonds is 6. The zero-order valence-electron chi connectivity index (χ0n) is 12.7. The summed E-state index contributed by atoms with van der Waals surface area (Å²) < 4.78 is 29.6. The van der Waals surface area contributed by atoms with Gasteiger partial charge in [-0.1, -0.05) is 6.07 Å². The van der Waals surface area contributed by atoms with Gasteiger partial charge in [0.05, 0.1) is 25.6 Å². The molecule has 0 aliphatic carbocycles. The van der Waals surface area contributed by atoms with Gasteiger partial charge in [0.15, 0.2) is 0 Å². The highest BCUT2D eigenvalue weighted by Crippen LogP contribution is 2.17. The van der Waals surface area contributed by atoms with Gasteiger partial charge in [-0.25, -0.2) is 13.1 Å². The first-order chi connectivity index (χ1) is 10.9. The number of pyridine rings is 1. The summed E-state index contributed by atoms with van der Waals surface area (Å²) in [4.78, 5) is 16.3. The van der Waals surface area contributed by atoms with Crippen LogP contribution in [0.4, 0.5) is 5.69 Å². The molecule has 1 heterocycles. The SMILES string of the molecule is COc1cccc(NC(=O)c2ccnc(CNS(C)(=O)=O)c2)c1. The Labute approximate surface area is 134 Å². The number of amides is 1. The predicted molar refractivity (Wildman–Crippen MR) is 86.9 cm³/mol. The summed E-state index contributed by atoms with van der Waals surface area (Å²) in [5.41, 5.74) is 1.43. The van der Waals surface area contributed by atoms with Crippen molar-refractivity contribution in [1.29, 1.82) is 0 Å². The van der Waals surface area contributed by atoms with Crippen molar-refractivity contribution < 1.29 is 17.9 Å². The Kier molecular flexibility index (Phi) is 5.30. The van der Waals surface area contributed by atoms with Gasteiger partial charge in [-0.15, -0.1) is 0 Å². The Morgan fingerprint density at radius 1 is 1.26 bits per heavy atom. The number of hydrogen-bond donors (Lipinski definition) is 2. The van der Waals surface area contributed by atoms with E-state index in [-0.39, 0.29) is 12.5 Å². The molecule has 0 aliphatic heterocycles. The molecule has 2 rings (SSSR count). The number of benzene rings is 1. The van der Waals surface area contributed by atoms with E-state index in [0.717, 1.165) is 6.26 Å². The minimum Gasteiger partial charge on any atom is -0.497 e. The molecule has 1 amide bonds. The van der Waals surface area contributed by atoms with Crippen molar-refractivity contribution in [3.8, 4) is 5.75 Å². The Balaban J connectivity index is 2.10. The quantitative estimate of drug-likeness (QED) is 0.831. The van der Waals surface area contributed by atoms with E-state index < -0.39 is 10.0 Å². The van der Waals surface area contributed by atoms with Crippen LogP contribution in [0, 0.1) is 0 Å². The highest BCUT2D eigenvalue weighted by atomic mass is 32.2. The second-order valence-corrected chi connectivity index (χ2v) is 6.65. The summed E-state index contributed by atoms with van der Waals surface area (Å²) in [7, 11) is -1.77. The molecule has 0 atom stereocenters. The van der Waals surface area contributed by atoms with Crippen LogP contribution in [0.5, 0.6) is 5.75 Å². The molecule has 0 bridgehead atoms. The first kappa shape index (κ1) is 16.9. The van der Waals surface area contributed by atoms with Gasteiger partial charge in [0.1, 0.15) is 5.75 Å². The number of aromatic nitrogens is 1. The second-order valence-electron chi connectivity index (χ2n) is 4.82. The van der Waals surface area contributed by atoms with Gasteiger partial charge in [-0.3, -0.25) is 9.78 Å². The van der Waals surface area contributed by atoms with Gasteiger partial charge in [0, 0.05) is 23.5 Å². The highest BCUT2D eigenvalue weighted by molar-refractivity contribution is 7.88. The monoisotopic (exact) mass is 335 g/mol. The molecular formula is C15H17N3O4S. The van der Waals surface area contributed by atoms with E-state index in [4.69, 9.17) is 4.74 Å². The largest absolute Gasteiger partial charge is 0.497 e. The highest BCUT2D eigenvalue weighted by Gasteiger charge is 2.09. The third-order valence-corrected chi connectivity index (χ3v) is 3.59. The zero-order chi connectivity index (χ0) is 16.9. The van der Waals surface area contributed by atoms with Crippen LogP contribution in [0.2, 0.25) is 0 Å². The van der Waals surface area contributed by atoms with Crippen molar-refractivity contribution in [3.63, 3.8) is 0 Å². The topological polar surface area (TPSA) is 97.4 Å². The lowest BCUT2D eigenvalue weighted by molar-refractivity contribution is 0.102. The van der Waals surface area contributed by atoms with E-state index in [1.807, 2.05) is 0 Å². The fourth-order valence-electron chi connectivity index (χ4n) is 1.83. The maximum Gasteiger partial charge on any atom is 0.255 e. The van der Waals surface area contributed by atoms with Gasteiger partial charge in [-0.05, 0) is 24.3 Å². The summed E-state index contributed by atoms with van der Waals surface area (Å²) in [5.74, 6) is 0.317. The van der Waals surface area contributed by atoms with Gasteiger partial charge >= 0.3 is 0 Å². The van der Waals surface area contributed by atoms with E-state index in [0.29, 0.717) is 22.7 Å². The summed E-state index contributed by atoms with van der Waals surface area (Å²) in [5, 5.41) is 2.75. The molecule has 2 aromatic rings. The fourth-order valence-corrected chi connectivity index (χ4v) is 2.24. The fraction of sp³-hybridized carbons (Fsp3) is 0.200. The van der Waals surface area contributed by atoms with Crippen LogP contribution in [0.1, 0.15) is 16.1 Å². The van der Waals surface area contributed by atoms with Crippen molar-refractivity contribution in [2.75, 3.05) is 18.7 Å². The first-order valence-corrected chi connectivity index (χ1v) is 8.61. The number of nitrogens with zero attached hydrogens (tertiary/aromatic N) is 1. The average molecular weight is 335 g/mol. The Morgan fingerprint density at radius 3 is 2.74 bits per heavy atom. The van der Waals surface area contributed by atoms with Crippen molar-refractivity contribution >= 4 is 21.6 Å². The van der Waals surface area contributed by atoms with Crippen molar-refractivity contribution in [1.82, 2.24) is 9.71 Å². The van der Waals surface area contributed by atoms with E-state index >= 15 is 0 Å². The van der Waals surface area contributed by atoms with E-state index in [1.54, 1.807) is 37.4 Å². The molecule has 0 radical (unpaired) electrons. The third kappa shape index (κ3) is 5.35. The molecule has 1 aromatic carbocycles. The molecule has 0 saturated carbocycles. The van der Waals surface area contributed by atoms with Crippen LogP contribution in [-0.4, -0.2) is 32.7 Å². The smallest absolute Gasteiger partial charge is 0.255 e. The molecule has 23 heavy (non-hydrogen) atoms. The van der Waals surface area contributed by atoms with E-state index in [9.17, 15) is 13.2 Å². The van der Waals surface area contributed by atoms with E-state index in [1.165, 1.54) is 12.3 Å². The van der Waals surface area contributed by atoms with Gasteiger partial charge < -0.3 is 10.1 Å². The number of carbonyl (C=O) groups is 1. The molecule has 122 valence electrons. The maximum atomic E-state index is 12.2. The molecule has 2 N–H and O–H groups in total. The van der Waals surface area contributed by atoms with Crippen LogP contribution >= 0.6 is 0 Å². The molecular weight excluding hydrogens is 318 g/mol. The molecule has 0 aliphatic rings. The lowest BCUT2D eigenvalue weighted by Crippen LogP contribution is -2.22. The van der Waals surface area contributed by atoms with Crippen LogP contribution in [0.3, 0.4) is 0 Å². The van der Waals surface area contributed by atoms with E-state index in [2.05, 4.69) is 15.0 Å². The van der Waals surface area contributed by atoms with Crippen LogP contribution in [0.25, 0.3) is 0 Å². The third-order valence-electron chi connectivity index (χ3n) is 2.92. The second kappa shape index (κ2) is 7.21. The lowest BCUT2D eigenvalue weighted by atomic mass is 10.2. The molecule has 0 saturated heterocycles. The lowest BCUT2D eigenvalue weighted by Gasteiger charge is -2.08. The van der Waals surface area contributed by atoms with Crippen molar-refractivity contribution in [3.05, 3.63) is 53.9 Å².